The van der Waals surface area contributed by atoms with Crippen molar-refractivity contribution in [2.75, 3.05) is 5.75 Å². The molecule has 0 fully saturated rings. The minimum Gasteiger partial charge on any atom is -0.344 e. The normalized spacial score (nSPS) is 12.2. The van der Waals surface area contributed by atoms with Gasteiger partial charge in [0, 0.05) is 28.8 Å². The number of hydrogen-bond donors (Lipinski definition) is 1. The number of carbonyl (C=O) groups excluding carboxylic acids is 1. The molecular formula is C21H21N5OS2. The number of nitrogens with one attached hydrogen (secondary N) is 1. The Labute approximate surface area is 177 Å². The van der Waals surface area contributed by atoms with Gasteiger partial charge in [-0.1, -0.05) is 48.2 Å². The molecule has 29 heavy (non-hydrogen) atoms. The van der Waals surface area contributed by atoms with Crippen LogP contribution in [0, 0.1) is 13.8 Å². The van der Waals surface area contributed by atoms with E-state index in [2.05, 4.69) is 26.6 Å². The second-order valence-electron chi connectivity index (χ2n) is 6.65. The predicted molar refractivity (Wildman–Crippen MR) is 116 cm³/mol. The molecule has 4 aromatic rings. The van der Waals surface area contributed by atoms with Crippen molar-refractivity contribution in [3.05, 3.63) is 75.9 Å². The lowest BCUT2D eigenvalue weighted by Crippen LogP contribution is -2.29. The summed E-state index contributed by atoms with van der Waals surface area (Å²) in [6.45, 7) is 3.88. The van der Waals surface area contributed by atoms with Gasteiger partial charge in [0.25, 0.3) is 0 Å². The van der Waals surface area contributed by atoms with Gasteiger partial charge in [0.1, 0.15) is 5.82 Å². The Hall–Kier alpha value is -2.71. The molecule has 148 valence electrons. The summed E-state index contributed by atoms with van der Waals surface area (Å²) in [6, 6.07) is 15.9. The van der Waals surface area contributed by atoms with Gasteiger partial charge in [-0.15, -0.1) is 21.5 Å². The van der Waals surface area contributed by atoms with Gasteiger partial charge in [0.2, 0.25) is 5.91 Å². The lowest BCUT2D eigenvalue weighted by molar-refractivity contribution is -0.121. The van der Waals surface area contributed by atoms with Crippen LogP contribution in [0.3, 0.4) is 0 Å². The minimum absolute atomic E-state index is 0.0132. The fourth-order valence-corrected chi connectivity index (χ4v) is 4.91. The van der Waals surface area contributed by atoms with Gasteiger partial charge < -0.3 is 5.32 Å². The third-order valence-corrected chi connectivity index (χ3v) is 6.35. The Kier molecular flexibility index (Phi) is 5.92. The van der Waals surface area contributed by atoms with Gasteiger partial charge in [0.15, 0.2) is 10.8 Å². The number of carbonyl (C=O) groups is 1. The smallest absolute Gasteiger partial charge is 0.221 e. The molecule has 1 N–H and O–H groups in total. The molecule has 8 heteroatoms. The summed E-state index contributed by atoms with van der Waals surface area (Å²) in [5, 5.41) is 14.4. The second-order valence-corrected chi connectivity index (χ2v) is 8.69. The van der Waals surface area contributed by atoms with Crippen LogP contribution in [0.25, 0.3) is 5.65 Å². The summed E-state index contributed by atoms with van der Waals surface area (Å²) in [4.78, 5) is 18.2. The largest absolute Gasteiger partial charge is 0.344 e. The zero-order valence-electron chi connectivity index (χ0n) is 16.2. The molecule has 0 radical (unpaired) electrons. The SMILES string of the molecule is Cc1cc2nnc(SCCC(=O)NC(c3ccccc3)c3cccs3)n2c(C)n1. The number of thioether (sulfide) groups is 1. The summed E-state index contributed by atoms with van der Waals surface area (Å²) in [6.07, 6.45) is 0.395. The first-order chi connectivity index (χ1) is 14.1. The molecule has 6 nitrogen and oxygen atoms in total. The van der Waals surface area contributed by atoms with Crippen LogP contribution in [0.4, 0.5) is 0 Å². The van der Waals surface area contributed by atoms with Crippen LogP contribution in [0.5, 0.6) is 0 Å². The fourth-order valence-electron chi connectivity index (χ4n) is 3.18. The summed E-state index contributed by atoms with van der Waals surface area (Å²) < 4.78 is 1.92. The Morgan fingerprint density at radius 1 is 1.17 bits per heavy atom. The van der Waals surface area contributed by atoms with Crippen molar-refractivity contribution in [1.82, 2.24) is 24.9 Å². The number of rotatable bonds is 7. The predicted octanol–water partition coefficient (Wildman–Crippen LogP) is 4.19. The fraction of sp³-hybridized carbons (Fsp3) is 0.238. The number of thiophene rings is 1. The highest BCUT2D eigenvalue weighted by Crippen LogP contribution is 2.26. The lowest BCUT2D eigenvalue weighted by Gasteiger charge is -2.18. The van der Waals surface area contributed by atoms with Crippen molar-refractivity contribution in [2.24, 2.45) is 0 Å². The van der Waals surface area contributed by atoms with Gasteiger partial charge in [0.05, 0.1) is 6.04 Å². The summed E-state index contributed by atoms with van der Waals surface area (Å²) >= 11 is 3.16. The van der Waals surface area contributed by atoms with Crippen LogP contribution in [0.15, 0.2) is 59.1 Å². The van der Waals surface area contributed by atoms with Crippen molar-refractivity contribution in [3.8, 4) is 0 Å². The van der Waals surface area contributed by atoms with E-state index in [0.717, 1.165) is 32.8 Å². The van der Waals surface area contributed by atoms with Crippen molar-refractivity contribution >= 4 is 34.7 Å². The second kappa shape index (κ2) is 8.75. The van der Waals surface area contributed by atoms with Crippen molar-refractivity contribution in [2.45, 2.75) is 31.5 Å². The summed E-state index contributed by atoms with van der Waals surface area (Å²) in [5.41, 5.74) is 2.78. The van der Waals surface area contributed by atoms with Crippen LogP contribution < -0.4 is 5.32 Å². The van der Waals surface area contributed by atoms with E-state index in [1.165, 1.54) is 11.8 Å². The highest BCUT2D eigenvalue weighted by molar-refractivity contribution is 7.99. The third kappa shape index (κ3) is 4.49. The van der Waals surface area contributed by atoms with Gasteiger partial charge in [-0.2, -0.15) is 0 Å². The van der Waals surface area contributed by atoms with E-state index in [4.69, 9.17) is 0 Å². The first-order valence-corrected chi connectivity index (χ1v) is 11.2. The minimum atomic E-state index is -0.128. The average molecular weight is 424 g/mol. The maximum Gasteiger partial charge on any atom is 0.221 e. The highest BCUT2D eigenvalue weighted by Gasteiger charge is 2.18. The molecule has 0 aliphatic carbocycles. The zero-order chi connectivity index (χ0) is 20.2. The molecular weight excluding hydrogens is 402 g/mol. The van der Waals surface area contributed by atoms with Crippen molar-refractivity contribution in [3.63, 3.8) is 0 Å². The highest BCUT2D eigenvalue weighted by atomic mass is 32.2. The molecule has 1 aromatic carbocycles. The Bertz CT molecular complexity index is 1110. The third-order valence-electron chi connectivity index (χ3n) is 4.48. The molecule has 0 aliphatic rings. The number of benzene rings is 1. The van der Waals surface area contributed by atoms with E-state index >= 15 is 0 Å². The summed E-state index contributed by atoms with van der Waals surface area (Å²) in [7, 11) is 0. The molecule has 3 heterocycles. The van der Waals surface area contributed by atoms with E-state index in [9.17, 15) is 4.79 Å². The average Bonchev–Trinajstić information content (AvgIpc) is 3.37. The monoisotopic (exact) mass is 423 g/mol. The van der Waals surface area contributed by atoms with E-state index in [-0.39, 0.29) is 11.9 Å². The van der Waals surface area contributed by atoms with Crippen LogP contribution >= 0.6 is 23.1 Å². The quantitative estimate of drug-likeness (QED) is 0.451. The number of nitrogens with zero attached hydrogens (tertiary/aromatic N) is 4. The van der Waals surface area contributed by atoms with E-state index in [1.807, 2.05) is 66.1 Å². The Balaban J connectivity index is 1.41. The molecule has 0 spiro atoms. The topological polar surface area (TPSA) is 72.2 Å². The van der Waals surface area contributed by atoms with Crippen LogP contribution in [0.2, 0.25) is 0 Å². The van der Waals surface area contributed by atoms with Gasteiger partial charge in [-0.05, 0) is 30.9 Å². The molecule has 1 unspecified atom stereocenters. The number of aryl methyl sites for hydroxylation is 2. The van der Waals surface area contributed by atoms with E-state index in [1.54, 1.807) is 11.3 Å². The summed E-state index contributed by atoms with van der Waals surface area (Å²) in [5.74, 6) is 1.48. The Morgan fingerprint density at radius 3 is 2.76 bits per heavy atom. The molecule has 3 aromatic heterocycles. The van der Waals surface area contributed by atoms with Crippen molar-refractivity contribution < 1.29 is 4.79 Å². The molecule has 0 aliphatic heterocycles. The molecule has 0 saturated carbocycles. The first kappa shape index (κ1) is 19.6. The first-order valence-electron chi connectivity index (χ1n) is 9.31. The van der Waals surface area contributed by atoms with Crippen LogP contribution in [-0.2, 0) is 4.79 Å². The standard InChI is InChI=1S/C21H21N5OS2/c1-14-13-18-24-25-21(26(18)15(2)22-14)29-12-10-19(27)23-20(17-9-6-11-28-17)16-7-4-3-5-8-16/h3-9,11,13,20H,10,12H2,1-2H3,(H,23,27). The van der Waals surface area contributed by atoms with Gasteiger partial charge in [-0.25, -0.2) is 4.98 Å². The number of amides is 1. The number of hydrogen-bond acceptors (Lipinski definition) is 6. The molecule has 1 atom stereocenters. The lowest BCUT2D eigenvalue weighted by atomic mass is 10.1. The maximum absolute atomic E-state index is 12.7. The Morgan fingerprint density at radius 2 is 2.00 bits per heavy atom. The zero-order valence-corrected chi connectivity index (χ0v) is 17.8. The molecule has 1 amide bonds. The molecule has 0 bridgehead atoms. The molecule has 4 rings (SSSR count). The number of fused-ring (bicyclic) bond motifs is 1. The van der Waals surface area contributed by atoms with E-state index in [0.29, 0.717) is 12.2 Å². The van der Waals surface area contributed by atoms with Gasteiger partial charge >= 0.3 is 0 Å². The van der Waals surface area contributed by atoms with Crippen LogP contribution in [0.1, 0.15) is 34.4 Å². The van der Waals surface area contributed by atoms with Gasteiger partial charge in [-0.3, -0.25) is 9.20 Å². The van der Waals surface area contributed by atoms with Crippen LogP contribution in [-0.4, -0.2) is 31.2 Å². The maximum atomic E-state index is 12.7. The van der Waals surface area contributed by atoms with E-state index < -0.39 is 0 Å². The number of aromatic nitrogens is 4. The van der Waals surface area contributed by atoms with Crippen molar-refractivity contribution in [1.29, 1.82) is 0 Å². The molecule has 0 saturated heterocycles.